The SMILES string of the molecule is C/C=C/C=C/C(=O)N1CCC(C(=O)N2CCCC2)CC1. The van der Waals surface area contributed by atoms with Crippen LogP contribution in [-0.4, -0.2) is 47.8 Å². The average molecular weight is 276 g/mol. The lowest BCUT2D eigenvalue weighted by atomic mass is 9.95. The highest BCUT2D eigenvalue weighted by molar-refractivity contribution is 5.88. The predicted molar refractivity (Wildman–Crippen MR) is 79.1 cm³/mol. The molecule has 2 amide bonds. The molecule has 4 nitrogen and oxygen atoms in total. The van der Waals surface area contributed by atoms with Gasteiger partial charge >= 0.3 is 0 Å². The summed E-state index contributed by atoms with van der Waals surface area (Å²) in [4.78, 5) is 28.0. The van der Waals surface area contributed by atoms with Crippen LogP contribution in [0.3, 0.4) is 0 Å². The molecule has 0 atom stereocenters. The number of carbonyl (C=O) groups is 2. The minimum absolute atomic E-state index is 0.0511. The van der Waals surface area contributed by atoms with Crippen LogP contribution in [-0.2, 0) is 9.59 Å². The molecule has 0 spiro atoms. The van der Waals surface area contributed by atoms with Crippen molar-refractivity contribution in [2.45, 2.75) is 32.6 Å². The van der Waals surface area contributed by atoms with E-state index in [4.69, 9.17) is 0 Å². The molecule has 2 aliphatic heterocycles. The van der Waals surface area contributed by atoms with Crippen LogP contribution in [0.15, 0.2) is 24.3 Å². The van der Waals surface area contributed by atoms with Crippen LogP contribution >= 0.6 is 0 Å². The molecule has 0 aromatic rings. The van der Waals surface area contributed by atoms with Crippen molar-refractivity contribution in [3.05, 3.63) is 24.3 Å². The zero-order valence-corrected chi connectivity index (χ0v) is 12.3. The summed E-state index contributed by atoms with van der Waals surface area (Å²) in [6.45, 7) is 5.16. The van der Waals surface area contributed by atoms with Gasteiger partial charge in [0.25, 0.3) is 0 Å². The largest absolute Gasteiger partial charge is 0.342 e. The standard InChI is InChI=1S/C16H24N2O2/c1-2-3-4-7-15(19)17-12-8-14(9-13-17)16(20)18-10-5-6-11-18/h2-4,7,14H,5-6,8-13H2,1H3/b3-2+,7-4+. The monoisotopic (exact) mass is 276 g/mol. The number of piperidine rings is 1. The first-order valence-corrected chi connectivity index (χ1v) is 7.59. The van der Waals surface area contributed by atoms with Gasteiger partial charge in [-0.1, -0.05) is 18.2 Å². The summed E-state index contributed by atoms with van der Waals surface area (Å²) < 4.78 is 0. The van der Waals surface area contributed by atoms with Gasteiger partial charge in [0.05, 0.1) is 0 Å². The molecule has 2 rings (SSSR count). The molecule has 0 saturated carbocycles. The fourth-order valence-corrected chi connectivity index (χ4v) is 2.90. The van der Waals surface area contributed by atoms with Crippen molar-refractivity contribution in [1.29, 1.82) is 0 Å². The Morgan fingerprint density at radius 1 is 0.950 bits per heavy atom. The second kappa shape index (κ2) is 7.27. The Kier molecular flexibility index (Phi) is 5.39. The van der Waals surface area contributed by atoms with E-state index in [1.807, 2.05) is 28.9 Å². The zero-order valence-electron chi connectivity index (χ0n) is 12.3. The molecule has 0 aromatic heterocycles. The van der Waals surface area contributed by atoms with E-state index >= 15 is 0 Å². The first-order chi connectivity index (χ1) is 9.72. The zero-order chi connectivity index (χ0) is 14.4. The maximum absolute atomic E-state index is 12.3. The molecule has 4 heteroatoms. The highest BCUT2D eigenvalue weighted by Crippen LogP contribution is 2.22. The smallest absolute Gasteiger partial charge is 0.246 e. The number of hydrogen-bond donors (Lipinski definition) is 0. The molecule has 0 radical (unpaired) electrons. The topological polar surface area (TPSA) is 40.6 Å². The van der Waals surface area contributed by atoms with Gasteiger partial charge in [0.1, 0.15) is 0 Å². The van der Waals surface area contributed by atoms with Crippen LogP contribution in [0.1, 0.15) is 32.6 Å². The van der Waals surface area contributed by atoms with E-state index < -0.39 is 0 Å². The Hall–Kier alpha value is -1.58. The van der Waals surface area contributed by atoms with E-state index in [1.54, 1.807) is 12.2 Å². The molecular weight excluding hydrogens is 252 g/mol. The van der Waals surface area contributed by atoms with E-state index in [9.17, 15) is 9.59 Å². The minimum atomic E-state index is 0.0511. The summed E-state index contributed by atoms with van der Waals surface area (Å²) in [5.74, 6) is 0.478. The number of carbonyl (C=O) groups excluding carboxylic acids is 2. The molecule has 2 aliphatic rings. The molecule has 110 valence electrons. The third-order valence-corrected chi connectivity index (χ3v) is 4.12. The fourth-order valence-electron chi connectivity index (χ4n) is 2.90. The number of likely N-dealkylation sites (tertiary alicyclic amines) is 2. The van der Waals surface area contributed by atoms with Gasteiger partial charge in [-0.15, -0.1) is 0 Å². The fraction of sp³-hybridized carbons (Fsp3) is 0.625. The molecule has 2 fully saturated rings. The highest BCUT2D eigenvalue weighted by Gasteiger charge is 2.30. The van der Waals surface area contributed by atoms with Crippen molar-refractivity contribution in [2.24, 2.45) is 5.92 Å². The number of rotatable bonds is 3. The van der Waals surface area contributed by atoms with E-state index in [0.29, 0.717) is 19.0 Å². The molecule has 0 unspecified atom stereocenters. The van der Waals surface area contributed by atoms with E-state index in [0.717, 1.165) is 38.8 Å². The van der Waals surface area contributed by atoms with Gasteiger partial charge in [-0.2, -0.15) is 0 Å². The van der Waals surface area contributed by atoms with Gasteiger partial charge in [-0.05, 0) is 32.6 Å². The van der Waals surface area contributed by atoms with Crippen LogP contribution in [0.2, 0.25) is 0 Å². The van der Waals surface area contributed by atoms with Gasteiger partial charge < -0.3 is 9.80 Å². The van der Waals surface area contributed by atoms with Crippen LogP contribution in [0.4, 0.5) is 0 Å². The van der Waals surface area contributed by atoms with Crippen molar-refractivity contribution in [2.75, 3.05) is 26.2 Å². The van der Waals surface area contributed by atoms with Crippen molar-refractivity contribution in [3.63, 3.8) is 0 Å². The minimum Gasteiger partial charge on any atom is -0.342 e. The van der Waals surface area contributed by atoms with E-state index in [1.165, 1.54) is 0 Å². The van der Waals surface area contributed by atoms with Crippen LogP contribution in [0.5, 0.6) is 0 Å². The van der Waals surface area contributed by atoms with Gasteiger partial charge in [0.2, 0.25) is 11.8 Å². The summed E-state index contributed by atoms with van der Waals surface area (Å²) in [6, 6.07) is 0. The number of nitrogens with zero attached hydrogens (tertiary/aromatic N) is 2. The molecule has 0 N–H and O–H groups in total. The first kappa shape index (κ1) is 14.8. The van der Waals surface area contributed by atoms with Gasteiger partial charge in [-0.25, -0.2) is 0 Å². The molecular formula is C16H24N2O2. The molecule has 2 heterocycles. The molecule has 0 aliphatic carbocycles. The Bertz CT molecular complexity index is 401. The van der Waals surface area contributed by atoms with Crippen molar-refractivity contribution in [3.8, 4) is 0 Å². The molecule has 2 saturated heterocycles. The van der Waals surface area contributed by atoms with Gasteiger partial charge in [-0.3, -0.25) is 9.59 Å². The van der Waals surface area contributed by atoms with Gasteiger partial charge in [0.15, 0.2) is 0 Å². The Balaban J connectivity index is 1.79. The van der Waals surface area contributed by atoms with Crippen LogP contribution in [0, 0.1) is 5.92 Å². The predicted octanol–water partition coefficient (Wildman–Crippen LogP) is 1.98. The van der Waals surface area contributed by atoms with Gasteiger partial charge in [0, 0.05) is 38.2 Å². The van der Waals surface area contributed by atoms with Crippen LogP contribution in [0.25, 0.3) is 0 Å². The third kappa shape index (κ3) is 3.71. The Labute approximate surface area is 121 Å². The third-order valence-electron chi connectivity index (χ3n) is 4.12. The summed E-state index contributed by atoms with van der Waals surface area (Å²) in [5, 5.41) is 0. The summed E-state index contributed by atoms with van der Waals surface area (Å²) >= 11 is 0. The maximum Gasteiger partial charge on any atom is 0.246 e. The lowest BCUT2D eigenvalue weighted by molar-refractivity contribution is -0.138. The Morgan fingerprint density at radius 2 is 1.60 bits per heavy atom. The lowest BCUT2D eigenvalue weighted by Crippen LogP contribution is -2.43. The van der Waals surface area contributed by atoms with Crippen LogP contribution < -0.4 is 0 Å². The van der Waals surface area contributed by atoms with Crippen molar-refractivity contribution in [1.82, 2.24) is 9.80 Å². The maximum atomic E-state index is 12.3. The second-order valence-corrected chi connectivity index (χ2v) is 5.52. The second-order valence-electron chi connectivity index (χ2n) is 5.52. The average Bonchev–Trinajstić information content (AvgIpc) is 3.01. The quantitative estimate of drug-likeness (QED) is 0.584. The first-order valence-electron chi connectivity index (χ1n) is 7.59. The number of hydrogen-bond acceptors (Lipinski definition) is 2. The summed E-state index contributed by atoms with van der Waals surface area (Å²) in [6.07, 6.45) is 11.0. The summed E-state index contributed by atoms with van der Waals surface area (Å²) in [5.41, 5.74) is 0. The van der Waals surface area contributed by atoms with E-state index in [2.05, 4.69) is 0 Å². The highest BCUT2D eigenvalue weighted by atomic mass is 16.2. The normalized spacial score (nSPS) is 21.2. The molecule has 0 aromatic carbocycles. The summed E-state index contributed by atoms with van der Waals surface area (Å²) in [7, 11) is 0. The lowest BCUT2D eigenvalue weighted by Gasteiger charge is -2.32. The van der Waals surface area contributed by atoms with Crippen molar-refractivity contribution < 1.29 is 9.59 Å². The Morgan fingerprint density at radius 3 is 2.20 bits per heavy atom. The van der Waals surface area contributed by atoms with Crippen molar-refractivity contribution >= 4 is 11.8 Å². The number of amides is 2. The van der Waals surface area contributed by atoms with E-state index in [-0.39, 0.29) is 11.8 Å². The molecule has 0 bridgehead atoms. The number of allylic oxidation sites excluding steroid dienone is 3. The molecule has 20 heavy (non-hydrogen) atoms.